The normalized spacial score (nSPS) is 17.6. The summed E-state index contributed by atoms with van der Waals surface area (Å²) in [6.45, 7) is 4.46. The summed E-state index contributed by atoms with van der Waals surface area (Å²) in [5, 5.41) is 2.41. The highest BCUT2D eigenvalue weighted by Crippen LogP contribution is 2.29. The first-order valence-electron chi connectivity index (χ1n) is 12.1. The summed E-state index contributed by atoms with van der Waals surface area (Å²) in [5.41, 5.74) is 1.40. The van der Waals surface area contributed by atoms with Gasteiger partial charge < -0.3 is 9.80 Å². The standard InChI is InChI=1S/C26H32N4O3S/c1-20(31)30(23-9-5-4-6-10-23)26-27-22(19-34-26)11-12-24(32)28-17-13-21(14-18-28)25(33)29-15-7-2-3-8-16-29/h4-6,9-12,19,21H,2-3,7-8,13-18H2,1H3. The van der Waals surface area contributed by atoms with Gasteiger partial charge in [-0.15, -0.1) is 11.3 Å². The van der Waals surface area contributed by atoms with Crippen LogP contribution in [0.25, 0.3) is 6.08 Å². The number of para-hydroxylation sites is 1. The van der Waals surface area contributed by atoms with E-state index in [0.717, 1.165) is 44.5 Å². The Kier molecular flexibility index (Phi) is 8.11. The minimum Gasteiger partial charge on any atom is -0.342 e. The largest absolute Gasteiger partial charge is 0.342 e. The van der Waals surface area contributed by atoms with Gasteiger partial charge in [0.1, 0.15) is 0 Å². The van der Waals surface area contributed by atoms with E-state index in [-0.39, 0.29) is 23.6 Å². The molecule has 0 radical (unpaired) electrons. The second-order valence-corrected chi connectivity index (χ2v) is 9.75. The Morgan fingerprint density at radius 3 is 2.29 bits per heavy atom. The third kappa shape index (κ3) is 5.91. The van der Waals surface area contributed by atoms with E-state index in [1.807, 2.05) is 45.5 Å². The van der Waals surface area contributed by atoms with Crippen LogP contribution in [-0.4, -0.2) is 58.7 Å². The fourth-order valence-electron chi connectivity index (χ4n) is 4.62. The zero-order valence-electron chi connectivity index (χ0n) is 19.7. The SMILES string of the molecule is CC(=O)N(c1ccccc1)c1nc(C=CC(=O)N2CCC(C(=O)N3CCCCCC3)CC2)cs1. The number of hydrogen-bond acceptors (Lipinski definition) is 5. The number of piperidine rings is 1. The second kappa shape index (κ2) is 11.4. The number of benzene rings is 1. The number of rotatable bonds is 5. The number of amides is 3. The van der Waals surface area contributed by atoms with Crippen LogP contribution in [0, 0.1) is 5.92 Å². The van der Waals surface area contributed by atoms with Crippen LogP contribution in [0.3, 0.4) is 0 Å². The van der Waals surface area contributed by atoms with Gasteiger partial charge in [-0.25, -0.2) is 4.98 Å². The molecule has 1 aromatic carbocycles. The van der Waals surface area contributed by atoms with Gasteiger partial charge in [0, 0.05) is 50.5 Å². The number of aromatic nitrogens is 1. The van der Waals surface area contributed by atoms with Crippen molar-refractivity contribution in [2.45, 2.75) is 45.4 Å². The maximum atomic E-state index is 12.9. The van der Waals surface area contributed by atoms with Crippen LogP contribution in [0.5, 0.6) is 0 Å². The van der Waals surface area contributed by atoms with Crippen LogP contribution in [0.2, 0.25) is 0 Å². The quantitative estimate of drug-likeness (QED) is 0.592. The molecular weight excluding hydrogens is 448 g/mol. The van der Waals surface area contributed by atoms with E-state index in [1.54, 1.807) is 11.0 Å². The molecule has 2 aromatic rings. The summed E-state index contributed by atoms with van der Waals surface area (Å²) in [7, 11) is 0. The Morgan fingerprint density at radius 1 is 0.971 bits per heavy atom. The van der Waals surface area contributed by atoms with E-state index in [2.05, 4.69) is 4.98 Å². The van der Waals surface area contributed by atoms with Crippen LogP contribution in [0.15, 0.2) is 41.8 Å². The van der Waals surface area contributed by atoms with Crippen molar-refractivity contribution in [3.63, 3.8) is 0 Å². The fraction of sp³-hybridized carbons (Fsp3) is 0.462. The molecule has 0 bridgehead atoms. The molecule has 3 heterocycles. The third-order valence-electron chi connectivity index (χ3n) is 6.50. The summed E-state index contributed by atoms with van der Waals surface area (Å²) in [6, 6.07) is 9.38. The topological polar surface area (TPSA) is 73.8 Å². The molecule has 0 saturated carbocycles. The zero-order valence-corrected chi connectivity index (χ0v) is 20.5. The highest BCUT2D eigenvalue weighted by Gasteiger charge is 2.30. The van der Waals surface area contributed by atoms with Crippen LogP contribution < -0.4 is 4.90 Å². The Hall–Kier alpha value is -3.00. The minimum atomic E-state index is -0.121. The monoisotopic (exact) mass is 480 g/mol. The molecule has 2 fully saturated rings. The molecule has 180 valence electrons. The lowest BCUT2D eigenvalue weighted by Crippen LogP contribution is -2.44. The van der Waals surface area contributed by atoms with Gasteiger partial charge in [0.05, 0.1) is 11.4 Å². The zero-order chi connectivity index (χ0) is 23.9. The molecule has 2 saturated heterocycles. The van der Waals surface area contributed by atoms with Crippen molar-refractivity contribution >= 4 is 46.0 Å². The molecule has 0 unspecified atom stereocenters. The van der Waals surface area contributed by atoms with Crippen molar-refractivity contribution < 1.29 is 14.4 Å². The smallest absolute Gasteiger partial charge is 0.246 e. The molecule has 4 rings (SSSR count). The molecule has 3 amide bonds. The van der Waals surface area contributed by atoms with Crippen LogP contribution in [0.4, 0.5) is 10.8 Å². The Bertz CT molecular complexity index is 1020. The lowest BCUT2D eigenvalue weighted by molar-refractivity contribution is -0.139. The number of hydrogen-bond donors (Lipinski definition) is 0. The first-order chi connectivity index (χ1) is 16.5. The van der Waals surface area contributed by atoms with Crippen LogP contribution in [-0.2, 0) is 14.4 Å². The maximum Gasteiger partial charge on any atom is 0.246 e. The van der Waals surface area contributed by atoms with Gasteiger partial charge in [-0.1, -0.05) is 31.0 Å². The number of carbonyl (C=O) groups excluding carboxylic acids is 3. The van der Waals surface area contributed by atoms with E-state index in [4.69, 9.17) is 0 Å². The highest BCUT2D eigenvalue weighted by molar-refractivity contribution is 7.14. The second-order valence-electron chi connectivity index (χ2n) is 8.92. The van der Waals surface area contributed by atoms with Crippen molar-refractivity contribution in [1.82, 2.24) is 14.8 Å². The van der Waals surface area contributed by atoms with Crippen LogP contribution in [0.1, 0.15) is 51.1 Å². The van der Waals surface area contributed by atoms with E-state index in [0.29, 0.717) is 23.9 Å². The van der Waals surface area contributed by atoms with Gasteiger partial charge in [-0.05, 0) is 43.9 Å². The minimum absolute atomic E-state index is 0.0304. The number of anilines is 2. The molecule has 2 aliphatic rings. The van der Waals surface area contributed by atoms with Crippen molar-refractivity contribution in [1.29, 1.82) is 0 Å². The van der Waals surface area contributed by atoms with Crippen LogP contribution >= 0.6 is 11.3 Å². The van der Waals surface area contributed by atoms with Crippen molar-refractivity contribution in [2.24, 2.45) is 5.92 Å². The average Bonchev–Trinajstić information content (AvgIpc) is 3.14. The van der Waals surface area contributed by atoms with E-state index >= 15 is 0 Å². The number of likely N-dealkylation sites (tertiary alicyclic amines) is 2. The molecule has 0 N–H and O–H groups in total. The van der Waals surface area contributed by atoms with Crippen molar-refractivity contribution in [3.05, 3.63) is 47.5 Å². The molecular formula is C26H32N4O3S. The number of carbonyl (C=O) groups is 3. The first kappa shape index (κ1) is 24.1. The number of thiazole rings is 1. The van der Waals surface area contributed by atoms with Gasteiger partial charge in [0.15, 0.2) is 5.13 Å². The molecule has 2 aliphatic heterocycles. The van der Waals surface area contributed by atoms with E-state index < -0.39 is 0 Å². The first-order valence-corrected chi connectivity index (χ1v) is 13.0. The molecule has 1 aromatic heterocycles. The Labute approximate surface area is 205 Å². The van der Waals surface area contributed by atoms with Gasteiger partial charge in [0.25, 0.3) is 0 Å². The van der Waals surface area contributed by atoms with E-state index in [9.17, 15) is 14.4 Å². The number of nitrogens with zero attached hydrogens (tertiary/aromatic N) is 4. The Balaban J connectivity index is 1.32. The Morgan fingerprint density at radius 2 is 1.65 bits per heavy atom. The van der Waals surface area contributed by atoms with Crippen molar-refractivity contribution in [3.8, 4) is 0 Å². The molecule has 0 atom stereocenters. The lowest BCUT2D eigenvalue weighted by atomic mass is 9.95. The molecule has 34 heavy (non-hydrogen) atoms. The van der Waals surface area contributed by atoms with Gasteiger partial charge >= 0.3 is 0 Å². The summed E-state index contributed by atoms with van der Waals surface area (Å²) >= 11 is 1.36. The summed E-state index contributed by atoms with van der Waals surface area (Å²) in [5.74, 6) is 0.113. The summed E-state index contributed by atoms with van der Waals surface area (Å²) < 4.78 is 0. The predicted molar refractivity (Wildman–Crippen MR) is 135 cm³/mol. The predicted octanol–water partition coefficient (Wildman–Crippen LogP) is 4.48. The van der Waals surface area contributed by atoms with E-state index in [1.165, 1.54) is 37.2 Å². The summed E-state index contributed by atoms with van der Waals surface area (Å²) in [6.07, 6.45) is 9.30. The third-order valence-corrected chi connectivity index (χ3v) is 7.34. The maximum absolute atomic E-state index is 12.9. The van der Waals surface area contributed by atoms with Gasteiger partial charge in [-0.3, -0.25) is 19.3 Å². The summed E-state index contributed by atoms with van der Waals surface area (Å²) in [4.78, 5) is 47.7. The van der Waals surface area contributed by atoms with Crippen molar-refractivity contribution in [2.75, 3.05) is 31.1 Å². The molecule has 0 aliphatic carbocycles. The highest BCUT2D eigenvalue weighted by atomic mass is 32.1. The fourth-order valence-corrected chi connectivity index (χ4v) is 5.47. The lowest BCUT2D eigenvalue weighted by Gasteiger charge is -2.33. The molecule has 7 nitrogen and oxygen atoms in total. The molecule has 0 spiro atoms. The van der Waals surface area contributed by atoms with Gasteiger partial charge in [-0.2, -0.15) is 0 Å². The average molecular weight is 481 g/mol. The van der Waals surface area contributed by atoms with Gasteiger partial charge in [0.2, 0.25) is 17.7 Å². The molecule has 8 heteroatoms.